The van der Waals surface area contributed by atoms with Crippen molar-refractivity contribution in [2.24, 2.45) is 0 Å². The smallest absolute Gasteiger partial charge is 0.331 e. The minimum atomic E-state index is -0.468. The Morgan fingerprint density at radius 2 is 1.38 bits per heavy atom. The van der Waals surface area contributed by atoms with Crippen molar-refractivity contribution in [2.75, 3.05) is 0 Å². The van der Waals surface area contributed by atoms with Gasteiger partial charge in [-0.3, -0.25) is 0 Å². The molecule has 24 heavy (non-hydrogen) atoms. The summed E-state index contributed by atoms with van der Waals surface area (Å²) in [7, 11) is 0. The summed E-state index contributed by atoms with van der Waals surface area (Å²) in [5, 5.41) is 0. The zero-order chi connectivity index (χ0) is 18.7. The second-order valence-corrected chi connectivity index (χ2v) is 8.44. The molecule has 1 aromatic carbocycles. The molecule has 0 heterocycles. The lowest BCUT2D eigenvalue weighted by Crippen LogP contribution is -2.22. The molecular weight excluding hydrogens is 296 g/mol. The molecule has 0 fully saturated rings. The van der Waals surface area contributed by atoms with Gasteiger partial charge in [0.1, 0.15) is 5.60 Å². The molecule has 0 N–H and O–H groups in total. The summed E-state index contributed by atoms with van der Waals surface area (Å²) in [6.45, 7) is 18.9. The Bertz CT molecular complexity index is 570. The number of benzene rings is 1. The topological polar surface area (TPSA) is 26.3 Å². The van der Waals surface area contributed by atoms with Gasteiger partial charge in [0.15, 0.2) is 0 Å². The zero-order valence-corrected chi connectivity index (χ0v) is 16.9. The van der Waals surface area contributed by atoms with Gasteiger partial charge in [-0.2, -0.15) is 0 Å². The second-order valence-electron chi connectivity index (χ2n) is 8.44. The van der Waals surface area contributed by atoms with E-state index in [1.54, 1.807) is 6.08 Å². The highest BCUT2D eigenvalue weighted by Crippen LogP contribution is 2.33. The van der Waals surface area contributed by atoms with Crippen molar-refractivity contribution >= 4 is 12.0 Å². The van der Waals surface area contributed by atoms with Crippen LogP contribution < -0.4 is 0 Å². The van der Waals surface area contributed by atoms with Crippen molar-refractivity contribution in [1.29, 1.82) is 0 Å². The van der Waals surface area contributed by atoms with Crippen molar-refractivity contribution in [3.05, 3.63) is 40.5 Å². The van der Waals surface area contributed by atoms with Crippen LogP contribution in [0.5, 0.6) is 0 Å². The van der Waals surface area contributed by atoms with E-state index in [0.717, 1.165) is 5.56 Å². The van der Waals surface area contributed by atoms with Gasteiger partial charge in [0.2, 0.25) is 0 Å². The molecule has 0 bridgehead atoms. The van der Waals surface area contributed by atoms with Crippen molar-refractivity contribution in [2.45, 2.75) is 85.7 Å². The summed E-state index contributed by atoms with van der Waals surface area (Å²) in [6, 6.07) is 4.58. The third-order valence-electron chi connectivity index (χ3n) is 3.97. The molecule has 0 spiro atoms. The van der Waals surface area contributed by atoms with Crippen LogP contribution in [0.15, 0.2) is 18.2 Å². The maximum Gasteiger partial charge on any atom is 0.331 e. The first-order valence-corrected chi connectivity index (χ1v) is 9.01. The van der Waals surface area contributed by atoms with Gasteiger partial charge in [0.05, 0.1) is 0 Å². The van der Waals surface area contributed by atoms with Gasteiger partial charge < -0.3 is 4.74 Å². The number of carbonyl (C=O) groups is 1. The van der Waals surface area contributed by atoms with Crippen LogP contribution in [0, 0.1) is 0 Å². The van der Waals surface area contributed by atoms with Gasteiger partial charge in [-0.1, -0.05) is 53.7 Å². The van der Waals surface area contributed by atoms with E-state index in [1.165, 1.54) is 16.7 Å². The highest BCUT2D eigenvalue weighted by atomic mass is 16.6. The molecule has 2 nitrogen and oxygen atoms in total. The van der Waals surface area contributed by atoms with Gasteiger partial charge >= 0.3 is 5.97 Å². The first kappa shape index (κ1) is 20.5. The Kier molecular flexibility index (Phi) is 6.83. The Hall–Kier alpha value is -1.57. The van der Waals surface area contributed by atoms with Crippen LogP contribution in [0.2, 0.25) is 0 Å². The van der Waals surface area contributed by atoms with E-state index in [1.807, 2.05) is 26.8 Å². The van der Waals surface area contributed by atoms with Crippen molar-refractivity contribution in [3.8, 4) is 0 Å². The molecule has 0 saturated carbocycles. The maximum atomic E-state index is 12.1. The Labute approximate surface area is 148 Å². The predicted molar refractivity (Wildman–Crippen MR) is 104 cm³/mol. The number of hydrogen-bond acceptors (Lipinski definition) is 2. The molecule has 0 amide bonds. The lowest BCUT2D eigenvalue weighted by molar-refractivity contribution is -0.148. The maximum absolute atomic E-state index is 12.1. The minimum absolute atomic E-state index is 0.292. The molecule has 1 aromatic rings. The normalized spacial score (nSPS) is 12.7. The fourth-order valence-electron chi connectivity index (χ4n) is 2.69. The van der Waals surface area contributed by atoms with Gasteiger partial charge in [0, 0.05) is 6.08 Å². The van der Waals surface area contributed by atoms with Crippen LogP contribution in [-0.4, -0.2) is 11.6 Å². The molecule has 0 radical (unpaired) electrons. The lowest BCUT2D eigenvalue weighted by Gasteiger charge is -2.21. The van der Waals surface area contributed by atoms with Crippen molar-refractivity contribution in [3.63, 3.8) is 0 Å². The Morgan fingerprint density at radius 1 is 0.917 bits per heavy atom. The van der Waals surface area contributed by atoms with E-state index in [4.69, 9.17) is 4.74 Å². The molecule has 0 saturated heterocycles. The largest absolute Gasteiger partial charge is 0.457 e. The number of esters is 1. The molecule has 134 valence electrons. The lowest BCUT2D eigenvalue weighted by atomic mass is 9.84. The van der Waals surface area contributed by atoms with E-state index < -0.39 is 5.60 Å². The van der Waals surface area contributed by atoms with Gasteiger partial charge in [-0.25, -0.2) is 4.79 Å². The summed E-state index contributed by atoms with van der Waals surface area (Å²) >= 11 is 0. The van der Waals surface area contributed by atoms with Crippen LogP contribution in [0.1, 0.15) is 102 Å². The highest BCUT2D eigenvalue weighted by molar-refractivity contribution is 5.88. The highest BCUT2D eigenvalue weighted by Gasteiger charge is 2.17. The third-order valence-corrected chi connectivity index (χ3v) is 3.97. The van der Waals surface area contributed by atoms with Crippen LogP contribution >= 0.6 is 0 Å². The van der Waals surface area contributed by atoms with E-state index in [2.05, 4.69) is 53.7 Å². The number of carbonyl (C=O) groups excluding carboxylic acids is 1. The molecule has 0 aliphatic heterocycles. The molecule has 0 aliphatic rings. The summed E-state index contributed by atoms with van der Waals surface area (Å²) < 4.78 is 5.40. The van der Waals surface area contributed by atoms with E-state index in [0.29, 0.717) is 17.8 Å². The van der Waals surface area contributed by atoms with Crippen LogP contribution in [0.3, 0.4) is 0 Å². The molecule has 0 aliphatic carbocycles. The average molecular weight is 331 g/mol. The van der Waals surface area contributed by atoms with Crippen molar-refractivity contribution < 1.29 is 9.53 Å². The Balaban J connectivity index is 3.36. The first-order valence-electron chi connectivity index (χ1n) is 9.01. The number of hydrogen-bond donors (Lipinski definition) is 0. The predicted octanol–water partition coefficient (Wildman–Crippen LogP) is 6.41. The molecule has 0 unspecified atom stereocenters. The van der Waals surface area contributed by atoms with Gasteiger partial charge in [0.25, 0.3) is 0 Å². The zero-order valence-electron chi connectivity index (χ0n) is 16.9. The van der Waals surface area contributed by atoms with Crippen molar-refractivity contribution in [1.82, 2.24) is 0 Å². The summed E-state index contributed by atoms with van der Waals surface area (Å²) in [5.41, 5.74) is 4.64. The molecule has 2 heteroatoms. The van der Waals surface area contributed by atoms with Gasteiger partial charge in [-0.05, 0) is 66.9 Å². The van der Waals surface area contributed by atoms with E-state index in [9.17, 15) is 4.79 Å². The van der Waals surface area contributed by atoms with E-state index >= 15 is 0 Å². The SMILES string of the molecule is CC(C)c1cc(C(C)C)c(/C=C/C(=O)OC(C)(C)C)c(C(C)C)c1. The van der Waals surface area contributed by atoms with E-state index in [-0.39, 0.29) is 5.97 Å². The fourth-order valence-corrected chi connectivity index (χ4v) is 2.69. The average Bonchev–Trinajstić information content (AvgIpc) is 2.41. The molecule has 1 rings (SSSR count). The third kappa shape index (κ3) is 5.81. The molecular formula is C22H34O2. The Morgan fingerprint density at radius 3 is 1.71 bits per heavy atom. The number of rotatable bonds is 5. The standard InChI is InChI=1S/C22H34O2/c1-14(2)17-12-19(15(3)4)18(20(13-17)16(5)6)10-11-21(23)24-22(7,8)9/h10-16H,1-9H3/b11-10+. The number of ether oxygens (including phenoxy) is 1. The quantitative estimate of drug-likeness (QED) is 0.460. The summed E-state index contributed by atoms with van der Waals surface area (Å²) in [4.78, 5) is 12.1. The van der Waals surface area contributed by atoms with Gasteiger partial charge in [-0.15, -0.1) is 0 Å². The molecule has 0 aromatic heterocycles. The van der Waals surface area contributed by atoms with Crippen LogP contribution in [-0.2, 0) is 9.53 Å². The second kappa shape index (κ2) is 8.00. The summed E-state index contributed by atoms with van der Waals surface area (Å²) in [5.74, 6) is 1.00. The monoisotopic (exact) mass is 330 g/mol. The molecule has 0 atom stereocenters. The van der Waals surface area contributed by atoms with Crippen LogP contribution in [0.25, 0.3) is 6.08 Å². The minimum Gasteiger partial charge on any atom is -0.457 e. The van der Waals surface area contributed by atoms with Crippen LogP contribution in [0.4, 0.5) is 0 Å². The first-order chi connectivity index (χ1) is 10.9. The summed E-state index contributed by atoms with van der Waals surface area (Å²) in [6.07, 6.45) is 3.50. The fraction of sp³-hybridized carbons (Fsp3) is 0.591.